The first-order chi connectivity index (χ1) is 21.4. The second kappa shape index (κ2) is 14.7. The number of amides is 2. The Morgan fingerprint density at radius 3 is 2.55 bits per heavy atom. The van der Waals surface area contributed by atoms with Crippen molar-refractivity contribution in [3.63, 3.8) is 0 Å². The van der Waals surface area contributed by atoms with Gasteiger partial charge < -0.3 is 27.1 Å². The highest BCUT2D eigenvalue weighted by Crippen LogP contribution is 2.58. The summed E-state index contributed by atoms with van der Waals surface area (Å²) < 4.78 is 0. The molecule has 0 aliphatic heterocycles. The number of aromatic amines is 1. The number of benzene rings is 3. The summed E-state index contributed by atoms with van der Waals surface area (Å²) in [6.07, 6.45) is 8.67. The number of rotatable bonds is 16. The number of guanidine groups is 1. The number of carbonyl (C=O) groups excluding carboxylic acids is 2. The summed E-state index contributed by atoms with van der Waals surface area (Å²) >= 11 is 0. The first-order valence-corrected chi connectivity index (χ1v) is 15.5. The average molecular weight is 594 g/mol. The maximum absolute atomic E-state index is 13.9. The van der Waals surface area contributed by atoms with Crippen LogP contribution in [0.5, 0.6) is 0 Å². The second-order valence-electron chi connectivity index (χ2n) is 11.8. The number of nitrogens with one attached hydrogen (secondary N) is 3. The monoisotopic (exact) mass is 593 g/mol. The van der Waals surface area contributed by atoms with E-state index in [2.05, 4.69) is 68.1 Å². The normalized spacial score (nSPS) is 18.0. The van der Waals surface area contributed by atoms with Crippen LogP contribution in [0.2, 0.25) is 0 Å². The summed E-state index contributed by atoms with van der Waals surface area (Å²) in [7, 11) is 0. The lowest BCUT2D eigenvalue weighted by molar-refractivity contribution is -0.128. The minimum atomic E-state index is -0.569. The molecule has 0 radical (unpaired) electrons. The van der Waals surface area contributed by atoms with E-state index in [1.807, 2.05) is 30.3 Å². The zero-order valence-corrected chi connectivity index (χ0v) is 25.2. The van der Waals surface area contributed by atoms with E-state index in [9.17, 15) is 9.59 Å². The zero-order valence-electron chi connectivity index (χ0n) is 25.2. The van der Waals surface area contributed by atoms with Crippen molar-refractivity contribution in [2.24, 2.45) is 27.8 Å². The van der Waals surface area contributed by atoms with Crippen LogP contribution >= 0.6 is 0 Å². The third kappa shape index (κ3) is 8.24. The van der Waals surface area contributed by atoms with Gasteiger partial charge in [-0.15, -0.1) is 0 Å². The smallest absolute Gasteiger partial charge is 0.226 e. The van der Waals surface area contributed by atoms with Crippen LogP contribution in [0.15, 0.2) is 90.3 Å². The van der Waals surface area contributed by atoms with Gasteiger partial charge in [0.1, 0.15) is 0 Å². The summed E-state index contributed by atoms with van der Waals surface area (Å²) in [4.78, 5) is 38.3. The van der Waals surface area contributed by atoms with Crippen LogP contribution in [-0.2, 0) is 28.9 Å². The molecule has 0 saturated heterocycles. The molecule has 7 N–H and O–H groups in total. The van der Waals surface area contributed by atoms with Crippen molar-refractivity contribution in [3.05, 3.63) is 102 Å². The summed E-state index contributed by atoms with van der Waals surface area (Å²) in [5.74, 6) is 0.110. The van der Waals surface area contributed by atoms with Crippen LogP contribution in [0.4, 0.5) is 0 Å². The molecule has 9 heteroatoms. The van der Waals surface area contributed by atoms with Crippen molar-refractivity contribution in [3.8, 4) is 0 Å². The molecule has 1 heterocycles. The molecule has 4 aromatic rings. The van der Waals surface area contributed by atoms with E-state index < -0.39 is 5.41 Å². The average Bonchev–Trinajstić information content (AvgIpc) is 3.53. The largest absolute Gasteiger partial charge is 0.370 e. The summed E-state index contributed by atoms with van der Waals surface area (Å²) in [5, 5.41) is 8.94. The van der Waals surface area contributed by atoms with Crippen molar-refractivity contribution in [1.82, 2.24) is 20.6 Å². The molecule has 0 bridgehead atoms. The van der Waals surface area contributed by atoms with Gasteiger partial charge >= 0.3 is 0 Å². The number of H-pyrrole nitrogens is 1. The molecular weight excluding hydrogens is 550 g/mol. The maximum atomic E-state index is 13.9. The first kappa shape index (κ1) is 30.8. The predicted octanol–water partition coefficient (Wildman–Crippen LogP) is 4.03. The van der Waals surface area contributed by atoms with Crippen LogP contribution in [0.25, 0.3) is 10.8 Å². The van der Waals surface area contributed by atoms with Crippen molar-refractivity contribution >= 4 is 28.5 Å². The number of hydrogen-bond donors (Lipinski definition) is 5. The lowest BCUT2D eigenvalue weighted by Gasteiger charge is -2.24. The summed E-state index contributed by atoms with van der Waals surface area (Å²) in [6, 6.07) is 24.9. The van der Waals surface area contributed by atoms with E-state index in [4.69, 9.17) is 11.5 Å². The molecule has 9 nitrogen and oxygen atoms in total. The molecule has 0 unspecified atom stereocenters. The Bertz CT molecular complexity index is 1550. The molecule has 3 aromatic carbocycles. The van der Waals surface area contributed by atoms with Crippen LogP contribution in [0.3, 0.4) is 0 Å². The van der Waals surface area contributed by atoms with Gasteiger partial charge in [0.05, 0.1) is 11.7 Å². The Morgan fingerprint density at radius 2 is 1.77 bits per heavy atom. The number of aromatic nitrogens is 2. The minimum absolute atomic E-state index is 0.0179. The Hall–Kier alpha value is -4.66. The molecule has 1 aliphatic rings. The summed E-state index contributed by atoms with van der Waals surface area (Å²) in [6.45, 7) is 1.01. The van der Waals surface area contributed by atoms with Crippen molar-refractivity contribution in [1.29, 1.82) is 0 Å². The Morgan fingerprint density at radius 1 is 0.977 bits per heavy atom. The molecular formula is C35H43N7O2. The SMILES string of the molecule is NC(N)=NCCC[C@@]1(C(=O)NCCc2ccc3ccccc3c2)C[C@H]1[C@@H](CCc1ccccc1)NC(=O)CCc1cnc[nH]1. The topological polar surface area (TPSA) is 151 Å². The molecule has 0 spiro atoms. The van der Waals surface area contributed by atoms with E-state index in [0.29, 0.717) is 38.8 Å². The van der Waals surface area contributed by atoms with Gasteiger partial charge in [0.2, 0.25) is 11.8 Å². The van der Waals surface area contributed by atoms with E-state index in [1.165, 1.54) is 21.9 Å². The number of carbonyl (C=O) groups is 2. The van der Waals surface area contributed by atoms with Gasteiger partial charge in [0.15, 0.2) is 5.96 Å². The number of imidazole rings is 1. The maximum Gasteiger partial charge on any atom is 0.226 e. The fourth-order valence-electron chi connectivity index (χ4n) is 6.31. The number of hydrogen-bond acceptors (Lipinski definition) is 4. The van der Waals surface area contributed by atoms with Crippen LogP contribution in [0.1, 0.15) is 48.9 Å². The van der Waals surface area contributed by atoms with Gasteiger partial charge in [-0.25, -0.2) is 4.98 Å². The number of aryl methyl sites for hydroxylation is 2. The van der Waals surface area contributed by atoms with Gasteiger partial charge in [0.25, 0.3) is 0 Å². The third-order valence-electron chi connectivity index (χ3n) is 8.77. The molecule has 1 aliphatic carbocycles. The van der Waals surface area contributed by atoms with Crippen LogP contribution < -0.4 is 22.1 Å². The summed E-state index contributed by atoms with van der Waals surface area (Å²) in [5.41, 5.74) is 13.9. The second-order valence-corrected chi connectivity index (χ2v) is 11.8. The highest BCUT2D eigenvalue weighted by molar-refractivity contribution is 5.87. The third-order valence-corrected chi connectivity index (χ3v) is 8.77. The van der Waals surface area contributed by atoms with Crippen molar-refractivity contribution < 1.29 is 9.59 Å². The Labute approximate surface area is 258 Å². The number of fused-ring (bicyclic) bond motifs is 1. The highest BCUT2D eigenvalue weighted by Gasteiger charge is 2.61. The fourth-order valence-corrected chi connectivity index (χ4v) is 6.31. The van der Waals surface area contributed by atoms with Crippen molar-refractivity contribution in [2.45, 2.75) is 57.4 Å². The highest BCUT2D eigenvalue weighted by atomic mass is 16.2. The lowest BCUT2D eigenvalue weighted by atomic mass is 9.90. The van der Waals surface area contributed by atoms with E-state index in [1.54, 1.807) is 12.5 Å². The van der Waals surface area contributed by atoms with Crippen molar-refractivity contribution in [2.75, 3.05) is 13.1 Å². The number of aliphatic imine (C=N–C) groups is 1. The standard InChI is InChI=1S/C35H43N7O2/c36-34(37)40-19-6-18-35(33(44)39-20-17-26-11-13-27-9-4-5-10-28(27)21-26)22-30(35)31(15-12-25-7-2-1-3-8-25)42-32(43)16-14-29-23-38-24-41-29/h1-5,7-11,13,21,23-24,30-31H,6,12,14-20,22H2,(H,38,41)(H,39,44)(H,42,43)(H4,36,37,40)/t30-,31+,35+/m0/s1. The molecule has 230 valence electrons. The van der Waals surface area contributed by atoms with Crippen LogP contribution in [0, 0.1) is 11.3 Å². The van der Waals surface area contributed by atoms with Gasteiger partial charge in [-0.2, -0.15) is 0 Å². The Kier molecular flexibility index (Phi) is 10.3. The molecule has 1 aromatic heterocycles. The van der Waals surface area contributed by atoms with Gasteiger partial charge in [-0.1, -0.05) is 72.8 Å². The van der Waals surface area contributed by atoms with Gasteiger partial charge in [-0.3, -0.25) is 14.6 Å². The molecule has 44 heavy (non-hydrogen) atoms. The quantitative estimate of drug-likeness (QED) is 0.0755. The zero-order chi connectivity index (χ0) is 30.8. The van der Waals surface area contributed by atoms with Crippen LogP contribution in [-0.4, -0.2) is 46.9 Å². The van der Waals surface area contributed by atoms with Gasteiger partial charge in [0, 0.05) is 37.4 Å². The predicted molar refractivity (Wildman–Crippen MR) is 175 cm³/mol. The fraction of sp³-hybridized carbons (Fsp3) is 0.371. The molecule has 3 atom stereocenters. The minimum Gasteiger partial charge on any atom is -0.370 e. The molecule has 2 amide bonds. The number of nitrogens with two attached hydrogens (primary N) is 2. The molecule has 1 saturated carbocycles. The number of nitrogens with zero attached hydrogens (tertiary/aromatic N) is 2. The van der Waals surface area contributed by atoms with E-state index in [-0.39, 0.29) is 29.7 Å². The van der Waals surface area contributed by atoms with E-state index >= 15 is 0 Å². The molecule has 5 rings (SSSR count). The lowest BCUT2D eigenvalue weighted by Crippen LogP contribution is -2.42. The first-order valence-electron chi connectivity index (χ1n) is 15.5. The Balaban J connectivity index is 1.26. The van der Waals surface area contributed by atoms with Gasteiger partial charge in [-0.05, 0) is 72.8 Å². The molecule has 1 fully saturated rings. The van der Waals surface area contributed by atoms with E-state index in [0.717, 1.165) is 31.4 Å².